The maximum atomic E-state index is 13.1. The van der Waals surface area contributed by atoms with E-state index >= 15 is 0 Å². The second-order valence-electron chi connectivity index (χ2n) is 4.50. The zero-order valence-corrected chi connectivity index (χ0v) is 10.4. The van der Waals surface area contributed by atoms with E-state index in [-0.39, 0.29) is 12.4 Å². The third kappa shape index (κ3) is 3.98. The summed E-state index contributed by atoms with van der Waals surface area (Å²) in [5, 5.41) is 19.3. The summed E-state index contributed by atoms with van der Waals surface area (Å²) in [6.07, 6.45) is -0.205. The first-order valence-electron chi connectivity index (χ1n) is 5.68. The van der Waals surface area contributed by atoms with Gasteiger partial charge in [-0.05, 0) is 32.4 Å². The molecule has 0 saturated carbocycles. The Kier molecular flexibility index (Phi) is 4.48. The molecule has 4 heteroatoms. The number of hydrogen-bond donors (Lipinski definition) is 2. The highest BCUT2D eigenvalue weighted by Crippen LogP contribution is 2.27. The van der Waals surface area contributed by atoms with E-state index in [4.69, 9.17) is 4.74 Å². The van der Waals surface area contributed by atoms with Gasteiger partial charge in [-0.2, -0.15) is 0 Å². The molecule has 0 saturated heterocycles. The summed E-state index contributed by atoms with van der Waals surface area (Å²) in [4.78, 5) is 0. The van der Waals surface area contributed by atoms with Crippen LogP contribution in [0.4, 0.5) is 4.39 Å². The first kappa shape index (κ1) is 13.9. The average Bonchev–Trinajstić information content (AvgIpc) is 2.26. The molecule has 0 fully saturated rings. The fraction of sp³-hybridized carbons (Fsp3) is 0.538. The monoisotopic (exact) mass is 242 g/mol. The SMILES string of the molecule is CCC(C)(O)COc1cc(F)ccc1[C@@H](C)O. The summed E-state index contributed by atoms with van der Waals surface area (Å²) in [7, 11) is 0. The van der Waals surface area contributed by atoms with Crippen molar-refractivity contribution in [3.8, 4) is 5.75 Å². The zero-order valence-electron chi connectivity index (χ0n) is 10.4. The Bertz CT molecular complexity index is 375. The molecule has 17 heavy (non-hydrogen) atoms. The second-order valence-corrected chi connectivity index (χ2v) is 4.50. The van der Waals surface area contributed by atoms with Gasteiger partial charge in [-0.25, -0.2) is 4.39 Å². The highest BCUT2D eigenvalue weighted by Gasteiger charge is 2.20. The van der Waals surface area contributed by atoms with Gasteiger partial charge in [-0.15, -0.1) is 0 Å². The Balaban J connectivity index is 2.85. The van der Waals surface area contributed by atoms with E-state index in [1.165, 1.54) is 18.2 Å². The van der Waals surface area contributed by atoms with Crippen molar-refractivity contribution in [3.63, 3.8) is 0 Å². The summed E-state index contributed by atoms with van der Waals surface area (Å²) in [6.45, 7) is 5.13. The summed E-state index contributed by atoms with van der Waals surface area (Å²) in [6, 6.07) is 3.97. The van der Waals surface area contributed by atoms with E-state index in [1.807, 2.05) is 6.92 Å². The molecule has 1 rings (SSSR count). The van der Waals surface area contributed by atoms with Gasteiger partial charge in [0, 0.05) is 11.6 Å². The van der Waals surface area contributed by atoms with Gasteiger partial charge in [0.05, 0.1) is 11.7 Å². The lowest BCUT2D eigenvalue weighted by Crippen LogP contribution is -2.31. The van der Waals surface area contributed by atoms with Crippen molar-refractivity contribution in [2.24, 2.45) is 0 Å². The van der Waals surface area contributed by atoms with Crippen molar-refractivity contribution in [3.05, 3.63) is 29.6 Å². The average molecular weight is 242 g/mol. The molecule has 0 aliphatic carbocycles. The Labute approximate surface area is 101 Å². The van der Waals surface area contributed by atoms with E-state index in [9.17, 15) is 14.6 Å². The van der Waals surface area contributed by atoms with E-state index in [2.05, 4.69) is 0 Å². The normalized spacial score (nSPS) is 16.4. The Morgan fingerprint density at radius 3 is 2.65 bits per heavy atom. The minimum Gasteiger partial charge on any atom is -0.490 e. The van der Waals surface area contributed by atoms with Crippen LogP contribution in [0.3, 0.4) is 0 Å². The van der Waals surface area contributed by atoms with Gasteiger partial charge in [0.25, 0.3) is 0 Å². The highest BCUT2D eigenvalue weighted by molar-refractivity contribution is 5.35. The summed E-state index contributed by atoms with van der Waals surface area (Å²) < 4.78 is 18.5. The Morgan fingerprint density at radius 2 is 2.12 bits per heavy atom. The first-order chi connectivity index (χ1) is 7.85. The molecule has 0 amide bonds. The molecule has 0 radical (unpaired) electrons. The second kappa shape index (κ2) is 5.47. The fourth-order valence-corrected chi connectivity index (χ4v) is 1.31. The van der Waals surface area contributed by atoms with Gasteiger partial charge in [0.1, 0.15) is 18.2 Å². The number of hydrogen-bond acceptors (Lipinski definition) is 3. The molecule has 2 atom stereocenters. The van der Waals surface area contributed by atoms with Crippen LogP contribution in [-0.4, -0.2) is 22.4 Å². The lowest BCUT2D eigenvalue weighted by atomic mass is 10.1. The molecule has 0 aliphatic heterocycles. The van der Waals surface area contributed by atoms with Crippen LogP contribution in [-0.2, 0) is 0 Å². The largest absolute Gasteiger partial charge is 0.490 e. The van der Waals surface area contributed by atoms with Gasteiger partial charge in [-0.3, -0.25) is 0 Å². The standard InChI is InChI=1S/C13H19FO3/c1-4-13(3,16)8-17-12-7-10(14)5-6-11(12)9(2)15/h5-7,9,15-16H,4,8H2,1-3H3/t9-,13?/m1/s1. The topological polar surface area (TPSA) is 49.7 Å². The molecular formula is C13H19FO3. The molecular weight excluding hydrogens is 223 g/mol. The third-order valence-corrected chi connectivity index (χ3v) is 2.73. The van der Waals surface area contributed by atoms with Crippen LogP contribution in [0.5, 0.6) is 5.75 Å². The van der Waals surface area contributed by atoms with Crippen LogP contribution in [0.2, 0.25) is 0 Å². The Morgan fingerprint density at radius 1 is 1.47 bits per heavy atom. The van der Waals surface area contributed by atoms with Crippen LogP contribution in [0, 0.1) is 5.82 Å². The first-order valence-corrected chi connectivity index (χ1v) is 5.68. The Hall–Kier alpha value is -1.13. The van der Waals surface area contributed by atoms with Crippen molar-refractivity contribution in [1.82, 2.24) is 0 Å². The van der Waals surface area contributed by atoms with Crippen LogP contribution in [0.15, 0.2) is 18.2 Å². The number of halogens is 1. The minimum atomic E-state index is -0.956. The maximum absolute atomic E-state index is 13.1. The number of rotatable bonds is 5. The fourth-order valence-electron chi connectivity index (χ4n) is 1.31. The van der Waals surface area contributed by atoms with E-state index in [0.717, 1.165) is 0 Å². The quantitative estimate of drug-likeness (QED) is 0.833. The van der Waals surface area contributed by atoms with E-state index in [1.54, 1.807) is 13.8 Å². The summed E-state index contributed by atoms with van der Waals surface area (Å²) in [5.41, 5.74) is -0.444. The number of ether oxygens (including phenoxy) is 1. The molecule has 3 nitrogen and oxygen atoms in total. The van der Waals surface area contributed by atoms with Crippen molar-refractivity contribution in [2.45, 2.75) is 38.9 Å². The van der Waals surface area contributed by atoms with Gasteiger partial charge in [0.2, 0.25) is 0 Å². The van der Waals surface area contributed by atoms with Crippen LogP contribution >= 0.6 is 0 Å². The zero-order chi connectivity index (χ0) is 13.1. The molecule has 1 aromatic carbocycles. The number of benzene rings is 1. The van der Waals surface area contributed by atoms with E-state index in [0.29, 0.717) is 12.0 Å². The molecule has 1 unspecified atom stereocenters. The molecule has 2 N–H and O–H groups in total. The number of aliphatic hydroxyl groups is 2. The van der Waals surface area contributed by atoms with Gasteiger partial charge >= 0.3 is 0 Å². The van der Waals surface area contributed by atoms with Gasteiger partial charge < -0.3 is 14.9 Å². The van der Waals surface area contributed by atoms with Crippen molar-refractivity contribution in [2.75, 3.05) is 6.61 Å². The summed E-state index contributed by atoms with van der Waals surface area (Å²) in [5.74, 6) is -0.158. The van der Waals surface area contributed by atoms with E-state index < -0.39 is 17.5 Å². The molecule has 0 heterocycles. The molecule has 1 aromatic rings. The number of aliphatic hydroxyl groups excluding tert-OH is 1. The molecule has 96 valence electrons. The van der Waals surface area contributed by atoms with Crippen molar-refractivity contribution in [1.29, 1.82) is 0 Å². The van der Waals surface area contributed by atoms with Crippen LogP contribution < -0.4 is 4.74 Å². The smallest absolute Gasteiger partial charge is 0.128 e. The lowest BCUT2D eigenvalue weighted by Gasteiger charge is -2.23. The van der Waals surface area contributed by atoms with Crippen molar-refractivity contribution >= 4 is 0 Å². The molecule has 0 spiro atoms. The third-order valence-electron chi connectivity index (χ3n) is 2.73. The maximum Gasteiger partial charge on any atom is 0.128 e. The van der Waals surface area contributed by atoms with Crippen molar-refractivity contribution < 1.29 is 19.3 Å². The predicted octanol–water partition coefficient (Wildman–Crippen LogP) is 2.42. The predicted molar refractivity (Wildman–Crippen MR) is 63.4 cm³/mol. The molecule has 0 bridgehead atoms. The summed E-state index contributed by atoms with van der Waals surface area (Å²) >= 11 is 0. The lowest BCUT2D eigenvalue weighted by molar-refractivity contribution is 0.00736. The highest BCUT2D eigenvalue weighted by atomic mass is 19.1. The minimum absolute atomic E-state index is 0.0622. The van der Waals surface area contributed by atoms with Gasteiger partial charge in [-0.1, -0.05) is 6.92 Å². The van der Waals surface area contributed by atoms with Gasteiger partial charge in [0.15, 0.2) is 0 Å². The molecule has 0 aliphatic rings. The van der Waals surface area contributed by atoms with Crippen LogP contribution in [0.1, 0.15) is 38.9 Å². The molecule has 0 aromatic heterocycles. The van der Waals surface area contributed by atoms with Crippen LogP contribution in [0.25, 0.3) is 0 Å².